The zero-order valence-electron chi connectivity index (χ0n) is 18.0. The van der Waals surface area contributed by atoms with E-state index in [4.69, 9.17) is 30.5 Å². The van der Waals surface area contributed by atoms with Crippen molar-refractivity contribution >= 4 is 23.7 Å². The number of hydrogen-bond acceptors (Lipinski definition) is 6. The Hall–Kier alpha value is -3.71. The van der Waals surface area contributed by atoms with Crippen LogP contribution in [-0.2, 0) is 17.8 Å². The van der Waals surface area contributed by atoms with Gasteiger partial charge in [0.15, 0.2) is 23.0 Å². The number of benzene rings is 3. The lowest BCUT2D eigenvalue weighted by molar-refractivity contribution is -0.120. The van der Waals surface area contributed by atoms with Gasteiger partial charge in [-0.1, -0.05) is 29.8 Å². The van der Waals surface area contributed by atoms with E-state index in [0.29, 0.717) is 41.2 Å². The molecular weight excluding hydrogens is 444 g/mol. The fraction of sp³-hybridized carbons (Fsp3) is 0.200. The van der Waals surface area contributed by atoms with Crippen LogP contribution in [0.4, 0.5) is 0 Å². The highest BCUT2D eigenvalue weighted by molar-refractivity contribution is 6.30. The molecule has 0 spiro atoms. The summed E-state index contributed by atoms with van der Waals surface area (Å²) in [4.78, 5) is 12.2. The Bertz CT molecular complexity index is 1150. The summed E-state index contributed by atoms with van der Waals surface area (Å²) < 4.78 is 22.2. The number of halogens is 1. The highest BCUT2D eigenvalue weighted by Gasteiger charge is 2.14. The SMILES string of the molecule is CCOc1cc(/C=N\NC(=O)Cc2ccc3c(c2)OCO3)ccc1OCc1ccc(Cl)cc1. The molecule has 1 N–H and O–H groups in total. The molecule has 4 rings (SSSR count). The quantitative estimate of drug-likeness (QED) is 0.364. The minimum atomic E-state index is -0.238. The normalized spacial score (nSPS) is 12.1. The van der Waals surface area contributed by atoms with Crippen LogP contribution in [0.25, 0.3) is 0 Å². The summed E-state index contributed by atoms with van der Waals surface area (Å²) in [5.74, 6) is 2.31. The lowest BCUT2D eigenvalue weighted by Gasteiger charge is -2.12. The molecule has 7 nitrogen and oxygen atoms in total. The van der Waals surface area contributed by atoms with Gasteiger partial charge < -0.3 is 18.9 Å². The summed E-state index contributed by atoms with van der Waals surface area (Å²) in [7, 11) is 0. The van der Waals surface area contributed by atoms with Gasteiger partial charge in [-0.25, -0.2) is 5.43 Å². The van der Waals surface area contributed by atoms with E-state index in [0.717, 1.165) is 16.7 Å². The molecule has 0 aliphatic carbocycles. The predicted octanol–water partition coefficient (Wildman–Crippen LogP) is 4.74. The molecule has 33 heavy (non-hydrogen) atoms. The molecule has 0 fully saturated rings. The Morgan fingerprint density at radius 2 is 1.79 bits per heavy atom. The lowest BCUT2D eigenvalue weighted by atomic mass is 10.1. The summed E-state index contributed by atoms with van der Waals surface area (Å²) in [5.41, 5.74) is 5.12. The van der Waals surface area contributed by atoms with Gasteiger partial charge in [-0.3, -0.25) is 4.79 Å². The number of hydrazone groups is 1. The topological polar surface area (TPSA) is 78.4 Å². The molecule has 0 radical (unpaired) electrons. The van der Waals surface area contributed by atoms with Crippen molar-refractivity contribution in [1.82, 2.24) is 5.43 Å². The van der Waals surface area contributed by atoms with Crippen molar-refractivity contribution in [3.8, 4) is 23.0 Å². The molecule has 1 amide bonds. The number of carbonyl (C=O) groups excluding carboxylic acids is 1. The maximum Gasteiger partial charge on any atom is 0.244 e. The number of amides is 1. The molecule has 170 valence electrons. The van der Waals surface area contributed by atoms with Crippen LogP contribution in [0.1, 0.15) is 23.6 Å². The van der Waals surface area contributed by atoms with Crippen molar-refractivity contribution in [3.63, 3.8) is 0 Å². The van der Waals surface area contributed by atoms with Gasteiger partial charge >= 0.3 is 0 Å². The molecule has 3 aromatic carbocycles. The van der Waals surface area contributed by atoms with Crippen molar-refractivity contribution < 1.29 is 23.7 Å². The second-order valence-corrected chi connectivity index (χ2v) is 7.65. The third kappa shape index (κ3) is 6.17. The van der Waals surface area contributed by atoms with Crippen LogP contribution < -0.4 is 24.4 Å². The number of carbonyl (C=O) groups is 1. The molecule has 8 heteroatoms. The van der Waals surface area contributed by atoms with Gasteiger partial charge in [0, 0.05) is 5.02 Å². The van der Waals surface area contributed by atoms with Crippen LogP contribution in [0, 0.1) is 0 Å². The zero-order chi connectivity index (χ0) is 23.0. The zero-order valence-corrected chi connectivity index (χ0v) is 18.8. The van der Waals surface area contributed by atoms with Crippen molar-refractivity contribution in [3.05, 3.63) is 82.4 Å². The number of nitrogens with zero attached hydrogens (tertiary/aromatic N) is 1. The summed E-state index contributed by atoms with van der Waals surface area (Å²) in [6, 6.07) is 18.4. The van der Waals surface area contributed by atoms with Gasteiger partial charge in [0.1, 0.15) is 6.61 Å². The van der Waals surface area contributed by atoms with E-state index in [9.17, 15) is 4.79 Å². The summed E-state index contributed by atoms with van der Waals surface area (Å²) in [6.07, 6.45) is 1.73. The number of fused-ring (bicyclic) bond motifs is 1. The molecule has 1 heterocycles. The molecular formula is C25H23ClN2O5. The van der Waals surface area contributed by atoms with E-state index in [1.807, 2.05) is 55.5 Å². The van der Waals surface area contributed by atoms with Gasteiger partial charge in [0.05, 0.1) is 19.2 Å². The van der Waals surface area contributed by atoms with E-state index in [2.05, 4.69) is 10.5 Å². The largest absolute Gasteiger partial charge is 0.490 e. The first-order valence-corrected chi connectivity index (χ1v) is 10.8. The molecule has 1 aliphatic heterocycles. The Labute approximate surface area is 196 Å². The minimum Gasteiger partial charge on any atom is -0.490 e. The second-order valence-electron chi connectivity index (χ2n) is 7.21. The Morgan fingerprint density at radius 1 is 1.00 bits per heavy atom. The van der Waals surface area contributed by atoms with E-state index < -0.39 is 0 Å². The maximum atomic E-state index is 12.2. The fourth-order valence-electron chi connectivity index (χ4n) is 3.19. The lowest BCUT2D eigenvalue weighted by Crippen LogP contribution is -2.19. The second kappa shape index (κ2) is 10.7. The van der Waals surface area contributed by atoms with Crippen LogP contribution >= 0.6 is 11.6 Å². The van der Waals surface area contributed by atoms with Gasteiger partial charge in [0.2, 0.25) is 12.7 Å². The van der Waals surface area contributed by atoms with Crippen LogP contribution in [0.2, 0.25) is 5.02 Å². The number of nitrogens with one attached hydrogen (secondary N) is 1. The van der Waals surface area contributed by atoms with Crippen LogP contribution in [0.5, 0.6) is 23.0 Å². The number of hydrogen-bond donors (Lipinski definition) is 1. The summed E-state index contributed by atoms with van der Waals surface area (Å²) in [6.45, 7) is 2.98. The standard InChI is InChI=1S/C25H23ClN2O5/c1-2-30-23-12-19(6-10-21(23)31-15-17-3-7-20(26)8-4-17)14-27-28-25(29)13-18-5-9-22-24(11-18)33-16-32-22/h3-12,14H,2,13,15-16H2,1H3,(H,28,29)/b27-14-. The van der Waals surface area contributed by atoms with Crippen LogP contribution in [0.3, 0.4) is 0 Å². The molecule has 0 aromatic heterocycles. The van der Waals surface area contributed by atoms with E-state index >= 15 is 0 Å². The Morgan fingerprint density at radius 3 is 2.61 bits per heavy atom. The smallest absolute Gasteiger partial charge is 0.244 e. The third-order valence-electron chi connectivity index (χ3n) is 4.78. The minimum absolute atomic E-state index is 0.176. The first kappa shape index (κ1) is 22.5. The van der Waals surface area contributed by atoms with Crippen molar-refractivity contribution in [2.45, 2.75) is 20.0 Å². The molecule has 0 bridgehead atoms. The third-order valence-corrected chi connectivity index (χ3v) is 5.03. The highest BCUT2D eigenvalue weighted by Crippen LogP contribution is 2.32. The number of rotatable bonds is 9. The molecule has 0 saturated carbocycles. The van der Waals surface area contributed by atoms with E-state index in [1.165, 1.54) is 0 Å². The molecule has 1 aliphatic rings. The molecule has 3 aromatic rings. The van der Waals surface area contributed by atoms with Gasteiger partial charge in [-0.05, 0) is 66.1 Å². The summed E-state index contributed by atoms with van der Waals surface area (Å²) in [5, 5.41) is 4.73. The van der Waals surface area contributed by atoms with E-state index in [-0.39, 0.29) is 19.1 Å². The van der Waals surface area contributed by atoms with Gasteiger partial charge in [-0.15, -0.1) is 0 Å². The van der Waals surface area contributed by atoms with Gasteiger partial charge in [-0.2, -0.15) is 5.10 Å². The predicted molar refractivity (Wildman–Crippen MR) is 125 cm³/mol. The average Bonchev–Trinajstić information content (AvgIpc) is 3.28. The summed E-state index contributed by atoms with van der Waals surface area (Å²) >= 11 is 5.93. The monoisotopic (exact) mass is 466 g/mol. The molecule has 0 unspecified atom stereocenters. The average molecular weight is 467 g/mol. The van der Waals surface area contributed by atoms with E-state index in [1.54, 1.807) is 18.3 Å². The molecule has 0 atom stereocenters. The van der Waals surface area contributed by atoms with Crippen molar-refractivity contribution in [2.75, 3.05) is 13.4 Å². The fourth-order valence-corrected chi connectivity index (χ4v) is 3.31. The van der Waals surface area contributed by atoms with Crippen molar-refractivity contribution in [1.29, 1.82) is 0 Å². The first-order chi connectivity index (χ1) is 16.1. The van der Waals surface area contributed by atoms with Crippen LogP contribution in [-0.4, -0.2) is 25.5 Å². The van der Waals surface area contributed by atoms with Crippen molar-refractivity contribution in [2.24, 2.45) is 5.10 Å². The highest BCUT2D eigenvalue weighted by atomic mass is 35.5. The Balaban J connectivity index is 1.34. The maximum absolute atomic E-state index is 12.2. The molecule has 0 saturated heterocycles. The number of ether oxygens (including phenoxy) is 4. The van der Waals surface area contributed by atoms with Gasteiger partial charge in [0.25, 0.3) is 0 Å². The van der Waals surface area contributed by atoms with Crippen LogP contribution in [0.15, 0.2) is 65.8 Å². The Kier molecular flexibility index (Phi) is 7.32. The first-order valence-electron chi connectivity index (χ1n) is 10.4.